The van der Waals surface area contributed by atoms with Gasteiger partial charge in [0.05, 0.1) is 17.6 Å². The van der Waals surface area contributed by atoms with E-state index < -0.39 is 0 Å². The molecule has 1 aliphatic rings. The fraction of sp³-hybridized carbons (Fsp3) is 0.350. The van der Waals surface area contributed by atoms with Crippen molar-refractivity contribution in [2.75, 3.05) is 5.75 Å². The average Bonchev–Trinajstić information content (AvgIpc) is 3.42. The SMILES string of the molecule is Cc1occc1-c1nnc(SCC(=O)NC2CCCC2)n1-c1ccc(F)cc1. The van der Waals surface area contributed by atoms with Gasteiger partial charge in [0.2, 0.25) is 5.91 Å². The van der Waals surface area contributed by atoms with E-state index in [0.717, 1.165) is 24.1 Å². The zero-order valence-electron chi connectivity index (χ0n) is 15.5. The minimum absolute atomic E-state index is 0.00778. The van der Waals surface area contributed by atoms with Crippen LogP contribution >= 0.6 is 11.8 Å². The fourth-order valence-electron chi connectivity index (χ4n) is 3.45. The zero-order chi connectivity index (χ0) is 19.5. The molecule has 1 aliphatic carbocycles. The van der Waals surface area contributed by atoms with E-state index >= 15 is 0 Å². The minimum atomic E-state index is -0.317. The Morgan fingerprint density at radius 2 is 2.00 bits per heavy atom. The summed E-state index contributed by atoms with van der Waals surface area (Å²) in [5.41, 5.74) is 1.53. The molecule has 28 heavy (non-hydrogen) atoms. The van der Waals surface area contributed by atoms with Gasteiger partial charge in [-0.15, -0.1) is 10.2 Å². The smallest absolute Gasteiger partial charge is 0.230 e. The number of benzene rings is 1. The summed E-state index contributed by atoms with van der Waals surface area (Å²) >= 11 is 1.31. The first-order chi connectivity index (χ1) is 13.6. The van der Waals surface area contributed by atoms with Crippen molar-refractivity contribution in [1.82, 2.24) is 20.1 Å². The highest BCUT2D eigenvalue weighted by molar-refractivity contribution is 7.99. The first-order valence-corrected chi connectivity index (χ1v) is 10.3. The molecule has 1 saturated carbocycles. The number of halogens is 1. The Morgan fingerprint density at radius 1 is 1.25 bits per heavy atom. The molecule has 0 aliphatic heterocycles. The summed E-state index contributed by atoms with van der Waals surface area (Å²) in [5, 5.41) is 12.2. The van der Waals surface area contributed by atoms with Crippen molar-refractivity contribution in [2.24, 2.45) is 0 Å². The van der Waals surface area contributed by atoms with Gasteiger partial charge >= 0.3 is 0 Å². The van der Waals surface area contributed by atoms with E-state index in [-0.39, 0.29) is 23.5 Å². The molecular weight excluding hydrogens is 379 g/mol. The summed E-state index contributed by atoms with van der Waals surface area (Å²) in [6, 6.07) is 8.22. The van der Waals surface area contributed by atoms with E-state index in [1.54, 1.807) is 18.4 Å². The summed E-state index contributed by atoms with van der Waals surface area (Å²) in [6.45, 7) is 1.85. The van der Waals surface area contributed by atoms with E-state index in [0.29, 0.717) is 16.7 Å². The number of nitrogens with one attached hydrogen (secondary N) is 1. The Kier molecular flexibility index (Phi) is 5.47. The number of carbonyl (C=O) groups is 1. The number of thioether (sulfide) groups is 1. The van der Waals surface area contributed by atoms with E-state index in [9.17, 15) is 9.18 Å². The first-order valence-electron chi connectivity index (χ1n) is 9.30. The van der Waals surface area contributed by atoms with Crippen molar-refractivity contribution < 1.29 is 13.6 Å². The molecule has 3 aromatic rings. The van der Waals surface area contributed by atoms with Crippen LogP contribution in [0.25, 0.3) is 17.1 Å². The van der Waals surface area contributed by atoms with Gasteiger partial charge in [0.1, 0.15) is 11.6 Å². The molecule has 2 aromatic heterocycles. The summed E-state index contributed by atoms with van der Waals surface area (Å²) < 4.78 is 20.6. The number of aryl methyl sites for hydroxylation is 1. The van der Waals surface area contributed by atoms with Crippen molar-refractivity contribution in [3.8, 4) is 17.1 Å². The Morgan fingerprint density at radius 3 is 2.68 bits per heavy atom. The van der Waals surface area contributed by atoms with Crippen molar-refractivity contribution in [3.05, 3.63) is 48.2 Å². The van der Waals surface area contributed by atoms with Crippen LogP contribution in [-0.2, 0) is 4.79 Å². The Balaban J connectivity index is 1.59. The van der Waals surface area contributed by atoms with Crippen LogP contribution < -0.4 is 5.32 Å². The van der Waals surface area contributed by atoms with Crippen LogP contribution in [0.1, 0.15) is 31.4 Å². The monoisotopic (exact) mass is 400 g/mol. The minimum Gasteiger partial charge on any atom is -0.469 e. The summed E-state index contributed by atoms with van der Waals surface area (Å²) in [5.74, 6) is 1.23. The number of furan rings is 1. The van der Waals surface area contributed by atoms with Crippen LogP contribution in [0, 0.1) is 12.7 Å². The fourth-order valence-corrected chi connectivity index (χ4v) is 4.21. The van der Waals surface area contributed by atoms with Gasteiger partial charge in [0.25, 0.3) is 0 Å². The molecule has 0 unspecified atom stereocenters. The second-order valence-electron chi connectivity index (χ2n) is 6.85. The van der Waals surface area contributed by atoms with Crippen LogP contribution in [0.15, 0.2) is 46.2 Å². The molecule has 0 saturated heterocycles. The van der Waals surface area contributed by atoms with Gasteiger partial charge < -0.3 is 9.73 Å². The van der Waals surface area contributed by atoms with Crippen LogP contribution in [0.2, 0.25) is 0 Å². The number of hydrogen-bond donors (Lipinski definition) is 1. The van der Waals surface area contributed by atoms with E-state index in [4.69, 9.17) is 4.42 Å². The summed E-state index contributed by atoms with van der Waals surface area (Å²) in [6.07, 6.45) is 6.03. The molecule has 0 bridgehead atoms. The Hall–Kier alpha value is -2.61. The molecule has 1 amide bonds. The number of aromatic nitrogens is 3. The molecule has 8 heteroatoms. The molecule has 4 rings (SSSR count). The average molecular weight is 400 g/mol. The van der Waals surface area contributed by atoms with Crippen LogP contribution in [-0.4, -0.2) is 32.5 Å². The lowest BCUT2D eigenvalue weighted by molar-refractivity contribution is -0.119. The largest absolute Gasteiger partial charge is 0.469 e. The predicted octanol–water partition coefficient (Wildman–Crippen LogP) is 4.13. The van der Waals surface area contributed by atoms with Gasteiger partial charge in [0, 0.05) is 11.7 Å². The lowest BCUT2D eigenvalue weighted by Crippen LogP contribution is -2.33. The van der Waals surface area contributed by atoms with Crippen molar-refractivity contribution in [2.45, 2.75) is 43.8 Å². The maximum atomic E-state index is 13.4. The standard InChI is InChI=1S/C20H21FN4O2S/c1-13-17(10-11-27-13)19-23-24-20(25(19)16-8-6-14(21)7-9-16)28-12-18(26)22-15-4-2-3-5-15/h6-11,15H,2-5,12H2,1H3,(H,22,26). The Bertz CT molecular complexity index is 961. The highest BCUT2D eigenvalue weighted by atomic mass is 32.2. The molecule has 1 aromatic carbocycles. The topological polar surface area (TPSA) is 72.9 Å². The molecular formula is C20H21FN4O2S. The van der Waals surface area contributed by atoms with Crippen LogP contribution in [0.5, 0.6) is 0 Å². The van der Waals surface area contributed by atoms with Gasteiger partial charge in [-0.3, -0.25) is 9.36 Å². The van der Waals surface area contributed by atoms with Crippen LogP contribution in [0.4, 0.5) is 4.39 Å². The number of nitrogens with zero attached hydrogens (tertiary/aromatic N) is 3. The number of hydrogen-bond acceptors (Lipinski definition) is 5. The number of carbonyl (C=O) groups excluding carboxylic acids is 1. The molecule has 146 valence electrons. The second kappa shape index (κ2) is 8.18. The molecule has 1 N–H and O–H groups in total. The van der Waals surface area contributed by atoms with Crippen molar-refractivity contribution >= 4 is 17.7 Å². The third kappa shape index (κ3) is 3.96. The van der Waals surface area contributed by atoms with E-state index in [1.165, 1.54) is 36.7 Å². The van der Waals surface area contributed by atoms with Crippen LogP contribution in [0.3, 0.4) is 0 Å². The quantitative estimate of drug-likeness (QED) is 0.630. The highest BCUT2D eigenvalue weighted by Gasteiger charge is 2.21. The van der Waals surface area contributed by atoms with Gasteiger partial charge in [-0.05, 0) is 50.1 Å². The van der Waals surface area contributed by atoms with Gasteiger partial charge in [0.15, 0.2) is 11.0 Å². The molecule has 6 nitrogen and oxygen atoms in total. The lowest BCUT2D eigenvalue weighted by atomic mass is 10.2. The van der Waals surface area contributed by atoms with Gasteiger partial charge in [-0.1, -0.05) is 24.6 Å². The summed E-state index contributed by atoms with van der Waals surface area (Å²) in [7, 11) is 0. The van der Waals surface area contributed by atoms with Crippen molar-refractivity contribution in [1.29, 1.82) is 0 Å². The maximum Gasteiger partial charge on any atom is 0.230 e. The summed E-state index contributed by atoms with van der Waals surface area (Å²) in [4.78, 5) is 12.3. The predicted molar refractivity (Wildman–Crippen MR) is 105 cm³/mol. The molecule has 0 radical (unpaired) electrons. The third-order valence-electron chi connectivity index (χ3n) is 4.87. The lowest BCUT2D eigenvalue weighted by Gasteiger charge is -2.12. The molecule has 1 fully saturated rings. The molecule has 2 heterocycles. The molecule has 0 atom stereocenters. The first kappa shape index (κ1) is 18.7. The van der Waals surface area contributed by atoms with Gasteiger partial charge in [-0.25, -0.2) is 4.39 Å². The highest BCUT2D eigenvalue weighted by Crippen LogP contribution is 2.30. The molecule has 0 spiro atoms. The second-order valence-corrected chi connectivity index (χ2v) is 7.79. The van der Waals surface area contributed by atoms with E-state index in [1.807, 2.05) is 17.6 Å². The van der Waals surface area contributed by atoms with Gasteiger partial charge in [-0.2, -0.15) is 0 Å². The number of amides is 1. The normalized spacial score (nSPS) is 14.5. The zero-order valence-corrected chi connectivity index (χ0v) is 16.3. The van der Waals surface area contributed by atoms with Crippen molar-refractivity contribution in [3.63, 3.8) is 0 Å². The number of rotatable bonds is 6. The third-order valence-corrected chi connectivity index (χ3v) is 5.80. The maximum absolute atomic E-state index is 13.4. The Labute approximate surface area is 166 Å². The van der Waals surface area contributed by atoms with E-state index in [2.05, 4.69) is 15.5 Å².